The van der Waals surface area contributed by atoms with E-state index in [1.807, 2.05) is 13.8 Å². The number of aromatic nitrogens is 1. The topological polar surface area (TPSA) is 79.3 Å². The van der Waals surface area contributed by atoms with Crippen LogP contribution in [0.15, 0.2) is 0 Å². The van der Waals surface area contributed by atoms with E-state index in [2.05, 4.69) is 10.3 Å². The van der Waals surface area contributed by atoms with Gasteiger partial charge in [-0.05, 0) is 19.8 Å². The number of thiazole rings is 1. The number of nitrogens with zero attached hydrogens (tertiary/aromatic N) is 1. The Morgan fingerprint density at radius 2 is 2.11 bits per heavy atom. The summed E-state index contributed by atoms with van der Waals surface area (Å²) in [5.41, 5.74) is 0.666. The van der Waals surface area contributed by atoms with Crippen molar-refractivity contribution in [3.63, 3.8) is 0 Å². The van der Waals surface area contributed by atoms with Crippen molar-refractivity contribution in [2.75, 3.05) is 0 Å². The van der Waals surface area contributed by atoms with Crippen LogP contribution in [0.2, 0.25) is 0 Å². The molecule has 0 aliphatic heterocycles. The second-order valence-corrected chi connectivity index (χ2v) is 5.47. The van der Waals surface area contributed by atoms with Crippen molar-refractivity contribution >= 4 is 23.2 Å². The quantitative estimate of drug-likeness (QED) is 0.805. The van der Waals surface area contributed by atoms with Gasteiger partial charge in [0.05, 0.1) is 10.7 Å². The first-order chi connectivity index (χ1) is 8.99. The van der Waals surface area contributed by atoms with E-state index < -0.39 is 12.0 Å². The Morgan fingerprint density at radius 1 is 1.42 bits per heavy atom. The highest BCUT2D eigenvalue weighted by atomic mass is 32.1. The molecule has 1 rings (SSSR count). The van der Waals surface area contributed by atoms with Gasteiger partial charge in [0.1, 0.15) is 10.9 Å². The fraction of sp³-hybridized carbons (Fsp3) is 0.615. The van der Waals surface area contributed by atoms with Gasteiger partial charge >= 0.3 is 5.97 Å². The monoisotopic (exact) mass is 284 g/mol. The van der Waals surface area contributed by atoms with Crippen molar-refractivity contribution in [1.29, 1.82) is 0 Å². The normalized spacial score (nSPS) is 12.2. The van der Waals surface area contributed by atoms with Gasteiger partial charge in [-0.25, -0.2) is 9.78 Å². The van der Waals surface area contributed by atoms with Crippen LogP contribution in [-0.4, -0.2) is 28.0 Å². The fourth-order valence-corrected chi connectivity index (χ4v) is 2.61. The van der Waals surface area contributed by atoms with E-state index in [0.29, 0.717) is 17.0 Å². The molecule has 0 fully saturated rings. The van der Waals surface area contributed by atoms with Crippen molar-refractivity contribution < 1.29 is 14.7 Å². The van der Waals surface area contributed by atoms with Crippen molar-refractivity contribution in [3.05, 3.63) is 15.6 Å². The van der Waals surface area contributed by atoms with Crippen LogP contribution in [0.1, 0.15) is 53.5 Å². The molecule has 0 saturated heterocycles. The standard InChI is InChI=1S/C13H20N2O3S/c1-4-6-7-9(13(17)18)15-12(16)11-8(3)14-10(5-2)19-11/h9H,4-7H2,1-3H3,(H,15,16)(H,17,18). The second-order valence-electron chi connectivity index (χ2n) is 4.38. The molecule has 6 heteroatoms. The van der Waals surface area contributed by atoms with Crippen LogP contribution in [0.3, 0.4) is 0 Å². The summed E-state index contributed by atoms with van der Waals surface area (Å²) in [4.78, 5) is 27.9. The van der Waals surface area contributed by atoms with Gasteiger partial charge in [-0.3, -0.25) is 4.79 Å². The smallest absolute Gasteiger partial charge is 0.326 e. The number of carboxylic acid groups (broad SMARTS) is 1. The van der Waals surface area contributed by atoms with Gasteiger partial charge in [-0.1, -0.05) is 26.7 Å². The number of nitrogens with one attached hydrogen (secondary N) is 1. The molecule has 1 heterocycles. The Labute approximate surface area is 117 Å². The molecule has 1 aromatic rings. The van der Waals surface area contributed by atoms with E-state index in [1.54, 1.807) is 6.92 Å². The average molecular weight is 284 g/mol. The molecule has 2 N–H and O–H groups in total. The van der Waals surface area contributed by atoms with Crippen molar-refractivity contribution in [1.82, 2.24) is 10.3 Å². The van der Waals surface area contributed by atoms with Crippen molar-refractivity contribution in [2.24, 2.45) is 0 Å². The van der Waals surface area contributed by atoms with Crippen LogP contribution in [0.5, 0.6) is 0 Å². The molecule has 5 nitrogen and oxygen atoms in total. The summed E-state index contributed by atoms with van der Waals surface area (Å²) >= 11 is 1.33. The Balaban J connectivity index is 2.75. The van der Waals surface area contributed by atoms with Crippen molar-refractivity contribution in [3.8, 4) is 0 Å². The largest absolute Gasteiger partial charge is 0.480 e. The molecule has 1 atom stereocenters. The van der Waals surface area contributed by atoms with Gasteiger partial charge in [0.15, 0.2) is 0 Å². The molecule has 0 bridgehead atoms. The highest BCUT2D eigenvalue weighted by Gasteiger charge is 2.22. The third-order valence-electron chi connectivity index (χ3n) is 2.80. The van der Waals surface area contributed by atoms with Gasteiger partial charge < -0.3 is 10.4 Å². The first-order valence-electron chi connectivity index (χ1n) is 6.49. The minimum Gasteiger partial charge on any atom is -0.480 e. The summed E-state index contributed by atoms with van der Waals surface area (Å²) in [6, 6.07) is -0.820. The van der Waals surface area contributed by atoms with E-state index in [9.17, 15) is 9.59 Å². The molecule has 0 radical (unpaired) electrons. The molecule has 0 aliphatic rings. The Bertz CT molecular complexity index is 457. The molecule has 0 aliphatic carbocycles. The number of rotatable bonds is 7. The average Bonchev–Trinajstić information content (AvgIpc) is 2.75. The molecule has 106 valence electrons. The maximum atomic E-state index is 12.1. The molecular weight excluding hydrogens is 264 g/mol. The zero-order valence-electron chi connectivity index (χ0n) is 11.5. The van der Waals surface area contributed by atoms with Gasteiger partial charge in [0.25, 0.3) is 5.91 Å². The Hall–Kier alpha value is -1.43. The van der Waals surface area contributed by atoms with E-state index in [4.69, 9.17) is 5.11 Å². The number of hydrogen-bond donors (Lipinski definition) is 2. The molecule has 1 unspecified atom stereocenters. The third kappa shape index (κ3) is 4.31. The molecular formula is C13H20N2O3S. The Kier molecular flexibility index (Phi) is 5.95. The first-order valence-corrected chi connectivity index (χ1v) is 7.31. The van der Waals surface area contributed by atoms with Gasteiger partial charge in [-0.2, -0.15) is 0 Å². The molecule has 19 heavy (non-hydrogen) atoms. The Morgan fingerprint density at radius 3 is 2.58 bits per heavy atom. The maximum absolute atomic E-state index is 12.1. The predicted octanol–water partition coefficient (Wildman–Crippen LogP) is 2.39. The third-order valence-corrected chi connectivity index (χ3v) is 4.10. The number of aliphatic carboxylic acids is 1. The van der Waals surface area contributed by atoms with Crippen LogP contribution in [0.25, 0.3) is 0 Å². The zero-order valence-corrected chi connectivity index (χ0v) is 12.3. The first kappa shape index (κ1) is 15.6. The van der Waals surface area contributed by atoms with Crippen molar-refractivity contribution in [2.45, 2.75) is 52.5 Å². The van der Waals surface area contributed by atoms with Gasteiger partial charge in [-0.15, -0.1) is 11.3 Å². The van der Waals surface area contributed by atoms with E-state index in [-0.39, 0.29) is 5.91 Å². The van der Waals surface area contributed by atoms with Crippen LogP contribution in [0, 0.1) is 6.92 Å². The summed E-state index contributed by atoms with van der Waals surface area (Å²) in [6.45, 7) is 5.73. The van der Waals surface area contributed by atoms with E-state index >= 15 is 0 Å². The van der Waals surface area contributed by atoms with Crippen LogP contribution >= 0.6 is 11.3 Å². The lowest BCUT2D eigenvalue weighted by Crippen LogP contribution is -2.40. The molecule has 0 aromatic carbocycles. The number of hydrogen-bond acceptors (Lipinski definition) is 4. The van der Waals surface area contributed by atoms with Gasteiger partial charge in [0.2, 0.25) is 0 Å². The van der Waals surface area contributed by atoms with Crippen LogP contribution in [0.4, 0.5) is 0 Å². The fourth-order valence-electron chi connectivity index (χ4n) is 1.70. The zero-order chi connectivity index (χ0) is 14.4. The highest BCUT2D eigenvalue weighted by Crippen LogP contribution is 2.18. The summed E-state index contributed by atoms with van der Waals surface area (Å²) in [6.07, 6.45) is 2.91. The molecule has 1 aromatic heterocycles. The minimum absolute atomic E-state index is 0.335. The molecule has 0 spiro atoms. The SMILES string of the molecule is CCCCC(NC(=O)c1sc(CC)nc1C)C(=O)O. The van der Waals surface area contributed by atoms with Crippen LogP contribution in [-0.2, 0) is 11.2 Å². The minimum atomic E-state index is -0.986. The maximum Gasteiger partial charge on any atom is 0.326 e. The van der Waals surface area contributed by atoms with Crippen LogP contribution < -0.4 is 5.32 Å². The number of carbonyl (C=O) groups excluding carboxylic acids is 1. The lowest BCUT2D eigenvalue weighted by molar-refractivity contribution is -0.139. The summed E-state index contributed by atoms with van der Waals surface area (Å²) in [5, 5.41) is 12.6. The number of aryl methyl sites for hydroxylation is 2. The lowest BCUT2D eigenvalue weighted by atomic mass is 10.1. The van der Waals surface area contributed by atoms with E-state index in [1.165, 1.54) is 11.3 Å². The second kappa shape index (κ2) is 7.23. The van der Waals surface area contributed by atoms with Gasteiger partial charge in [0, 0.05) is 0 Å². The van der Waals surface area contributed by atoms with E-state index in [0.717, 1.165) is 24.3 Å². The molecule has 1 amide bonds. The lowest BCUT2D eigenvalue weighted by Gasteiger charge is -2.13. The summed E-state index contributed by atoms with van der Waals surface area (Å²) < 4.78 is 0. The number of carbonyl (C=O) groups is 2. The number of carboxylic acids is 1. The highest BCUT2D eigenvalue weighted by molar-refractivity contribution is 7.13. The summed E-state index contributed by atoms with van der Waals surface area (Å²) in [5.74, 6) is -1.32. The predicted molar refractivity (Wildman–Crippen MR) is 74.6 cm³/mol. The molecule has 0 saturated carbocycles. The summed E-state index contributed by atoms with van der Waals surface area (Å²) in [7, 11) is 0. The number of amides is 1. The number of unbranched alkanes of at least 4 members (excludes halogenated alkanes) is 1.